The number of ether oxygens (including phenoxy) is 1. The largest absolute Gasteiger partial charge is 0.394 e. The Morgan fingerprint density at radius 3 is 2.84 bits per heavy atom. The van der Waals surface area contributed by atoms with Crippen LogP contribution in [-0.2, 0) is 4.74 Å². The number of aliphatic hydroxyl groups excluding tert-OH is 3. The number of aromatic amines is 1. The van der Waals surface area contributed by atoms with E-state index in [0.717, 1.165) is 0 Å². The van der Waals surface area contributed by atoms with Crippen molar-refractivity contribution >= 4 is 11.2 Å². The van der Waals surface area contributed by atoms with Crippen LogP contribution in [0.3, 0.4) is 0 Å². The highest BCUT2D eigenvalue weighted by atomic mass is 16.6. The van der Waals surface area contributed by atoms with E-state index in [0.29, 0.717) is 11.2 Å². The number of nitrogens with one attached hydrogen (secondary N) is 2. The van der Waals surface area contributed by atoms with Crippen LogP contribution in [0.25, 0.3) is 11.2 Å². The predicted octanol–water partition coefficient (Wildman–Crippen LogP) is -2.15. The van der Waals surface area contributed by atoms with Crippen LogP contribution in [0.1, 0.15) is 6.23 Å². The number of rotatable bonds is 2. The molecule has 2 aromatic heterocycles. The van der Waals surface area contributed by atoms with Crippen molar-refractivity contribution in [2.24, 2.45) is 0 Å². The third kappa shape index (κ3) is 1.75. The van der Waals surface area contributed by atoms with E-state index in [1.807, 2.05) is 0 Å². The van der Waals surface area contributed by atoms with Gasteiger partial charge in [-0.15, -0.1) is 0 Å². The highest BCUT2D eigenvalue weighted by Gasteiger charge is 2.43. The van der Waals surface area contributed by atoms with Crippen LogP contribution in [0.4, 0.5) is 0 Å². The standard InChI is InChI=1S/C10H13N5O4/c11-8-5-9(13-2-12-5)14-3-15(8)10-7(18)6(17)4(1-16)19-10/h2-4,6-7,10-11,16-18H,1H2,(H,12,13)/t4-,6-,7-,10-/m1/s1. The van der Waals surface area contributed by atoms with Crippen LogP contribution in [0.15, 0.2) is 12.7 Å². The van der Waals surface area contributed by atoms with Gasteiger partial charge in [-0.05, 0) is 0 Å². The molecule has 0 saturated carbocycles. The van der Waals surface area contributed by atoms with E-state index >= 15 is 0 Å². The number of H-pyrrole nitrogens is 1. The van der Waals surface area contributed by atoms with Gasteiger partial charge < -0.3 is 25.0 Å². The lowest BCUT2D eigenvalue weighted by molar-refractivity contribution is -0.0551. The molecule has 0 aliphatic carbocycles. The van der Waals surface area contributed by atoms with Gasteiger partial charge in [0, 0.05) is 0 Å². The van der Waals surface area contributed by atoms with Crippen molar-refractivity contribution in [3.8, 4) is 0 Å². The van der Waals surface area contributed by atoms with Crippen LogP contribution < -0.4 is 5.49 Å². The van der Waals surface area contributed by atoms with Crippen LogP contribution in [0.2, 0.25) is 0 Å². The zero-order valence-electron chi connectivity index (χ0n) is 9.76. The fourth-order valence-electron chi connectivity index (χ4n) is 2.17. The molecule has 1 fully saturated rings. The molecule has 3 rings (SSSR count). The molecule has 19 heavy (non-hydrogen) atoms. The number of nitrogens with zero attached hydrogens (tertiary/aromatic N) is 3. The summed E-state index contributed by atoms with van der Waals surface area (Å²) in [6.45, 7) is -0.414. The zero-order valence-corrected chi connectivity index (χ0v) is 9.76. The smallest absolute Gasteiger partial charge is 0.182 e. The van der Waals surface area contributed by atoms with Gasteiger partial charge in [0.25, 0.3) is 0 Å². The van der Waals surface area contributed by atoms with Crippen molar-refractivity contribution in [3.63, 3.8) is 0 Å². The summed E-state index contributed by atoms with van der Waals surface area (Å²) in [5.74, 6) is 0. The maximum absolute atomic E-state index is 9.92. The molecule has 0 radical (unpaired) electrons. The molecule has 0 spiro atoms. The lowest BCUT2D eigenvalue weighted by atomic mass is 10.1. The fourth-order valence-corrected chi connectivity index (χ4v) is 2.17. The average Bonchev–Trinajstić information content (AvgIpc) is 2.98. The quantitative estimate of drug-likeness (QED) is 0.420. The van der Waals surface area contributed by atoms with E-state index in [4.69, 9.17) is 15.3 Å². The second-order valence-electron chi connectivity index (χ2n) is 4.33. The summed E-state index contributed by atoms with van der Waals surface area (Å²) in [5.41, 5.74) is 0.811. The summed E-state index contributed by atoms with van der Waals surface area (Å²) >= 11 is 0. The van der Waals surface area contributed by atoms with E-state index in [9.17, 15) is 10.2 Å². The Kier molecular flexibility index (Phi) is 2.82. The number of fused-ring (bicyclic) bond motifs is 1. The van der Waals surface area contributed by atoms with Gasteiger partial charge in [0.15, 0.2) is 17.4 Å². The maximum Gasteiger partial charge on any atom is 0.182 e. The van der Waals surface area contributed by atoms with Crippen molar-refractivity contribution in [1.82, 2.24) is 19.5 Å². The first-order valence-electron chi connectivity index (χ1n) is 5.70. The molecule has 1 aliphatic rings. The van der Waals surface area contributed by atoms with Gasteiger partial charge in [-0.1, -0.05) is 0 Å². The Bertz CT molecular complexity index is 653. The van der Waals surface area contributed by atoms with E-state index in [1.165, 1.54) is 17.2 Å². The Morgan fingerprint density at radius 2 is 2.16 bits per heavy atom. The third-order valence-corrected chi connectivity index (χ3v) is 3.21. The van der Waals surface area contributed by atoms with Gasteiger partial charge in [-0.25, -0.2) is 9.97 Å². The second-order valence-corrected chi connectivity index (χ2v) is 4.33. The van der Waals surface area contributed by atoms with E-state index < -0.39 is 31.1 Å². The van der Waals surface area contributed by atoms with Gasteiger partial charge in [0.05, 0.1) is 12.9 Å². The highest BCUT2D eigenvalue weighted by Crippen LogP contribution is 2.28. The molecule has 9 heteroatoms. The molecular formula is C10H13N5O4. The number of imidazole rings is 1. The molecule has 102 valence electrons. The summed E-state index contributed by atoms with van der Waals surface area (Å²) < 4.78 is 6.63. The monoisotopic (exact) mass is 267 g/mol. The summed E-state index contributed by atoms with van der Waals surface area (Å²) in [6, 6.07) is 0. The molecule has 9 nitrogen and oxygen atoms in total. The Hall–Kier alpha value is -1.81. The van der Waals surface area contributed by atoms with Crippen molar-refractivity contribution in [2.45, 2.75) is 24.5 Å². The van der Waals surface area contributed by atoms with Crippen LogP contribution >= 0.6 is 0 Å². The molecule has 3 heterocycles. The summed E-state index contributed by atoms with van der Waals surface area (Å²) in [4.78, 5) is 10.7. The molecule has 0 bridgehead atoms. The highest BCUT2D eigenvalue weighted by molar-refractivity contribution is 5.67. The predicted molar refractivity (Wildman–Crippen MR) is 60.7 cm³/mol. The first kappa shape index (κ1) is 12.2. The Balaban J connectivity index is 2.05. The molecule has 1 aliphatic heterocycles. The van der Waals surface area contributed by atoms with Crippen LogP contribution in [-0.4, -0.2) is 59.8 Å². The van der Waals surface area contributed by atoms with Gasteiger partial charge in [-0.2, -0.15) is 0 Å². The van der Waals surface area contributed by atoms with Crippen molar-refractivity contribution in [3.05, 3.63) is 18.1 Å². The molecule has 0 aromatic carbocycles. The van der Waals surface area contributed by atoms with Gasteiger partial charge in [0.1, 0.15) is 30.2 Å². The number of hydrogen-bond acceptors (Lipinski definition) is 7. The van der Waals surface area contributed by atoms with Crippen LogP contribution in [0.5, 0.6) is 0 Å². The molecule has 0 unspecified atom stereocenters. The Morgan fingerprint density at radius 1 is 1.37 bits per heavy atom. The van der Waals surface area contributed by atoms with E-state index in [1.54, 1.807) is 0 Å². The minimum atomic E-state index is -1.24. The minimum absolute atomic E-state index is 0.0253. The fraction of sp³-hybridized carbons (Fsp3) is 0.500. The minimum Gasteiger partial charge on any atom is -0.394 e. The third-order valence-electron chi connectivity index (χ3n) is 3.21. The number of aliphatic hydroxyl groups is 3. The summed E-state index contributed by atoms with van der Waals surface area (Å²) in [6.07, 6.45) is -1.58. The lowest BCUT2D eigenvalue weighted by Crippen LogP contribution is -2.35. The zero-order chi connectivity index (χ0) is 13.6. The lowest BCUT2D eigenvalue weighted by Gasteiger charge is -2.17. The van der Waals surface area contributed by atoms with Crippen LogP contribution in [0, 0.1) is 5.41 Å². The van der Waals surface area contributed by atoms with Gasteiger partial charge >= 0.3 is 0 Å². The molecule has 1 saturated heterocycles. The van der Waals surface area contributed by atoms with E-state index in [2.05, 4.69) is 15.0 Å². The summed E-state index contributed by atoms with van der Waals surface area (Å²) in [7, 11) is 0. The topological polar surface area (TPSA) is 140 Å². The number of hydrogen-bond donors (Lipinski definition) is 5. The first-order chi connectivity index (χ1) is 9.13. The second kappa shape index (κ2) is 4.38. The molecule has 2 aromatic rings. The molecule has 5 N–H and O–H groups in total. The maximum atomic E-state index is 9.92. The van der Waals surface area contributed by atoms with Gasteiger partial charge in [-0.3, -0.25) is 9.98 Å². The SMILES string of the molecule is N=c1c2[nH]cnc2ncn1[C@@H]1O[C@H](CO)[C@@H](O)[C@H]1O. The molecule has 0 amide bonds. The van der Waals surface area contributed by atoms with Crippen molar-refractivity contribution in [2.75, 3.05) is 6.61 Å². The van der Waals surface area contributed by atoms with Gasteiger partial charge in [0.2, 0.25) is 0 Å². The van der Waals surface area contributed by atoms with Crippen molar-refractivity contribution in [1.29, 1.82) is 5.41 Å². The van der Waals surface area contributed by atoms with Crippen molar-refractivity contribution < 1.29 is 20.1 Å². The number of aromatic nitrogens is 4. The molecule has 4 atom stereocenters. The average molecular weight is 267 g/mol. The normalized spacial score (nSPS) is 31.1. The Labute approximate surface area is 106 Å². The summed E-state index contributed by atoms with van der Waals surface area (Å²) in [5, 5.41) is 36.7. The first-order valence-corrected chi connectivity index (χ1v) is 5.70. The van der Waals surface area contributed by atoms with E-state index in [-0.39, 0.29) is 5.49 Å². The molecular weight excluding hydrogens is 254 g/mol.